The molecule has 3 unspecified atom stereocenters. The van der Waals surface area contributed by atoms with Crippen molar-refractivity contribution in [2.45, 2.75) is 46.0 Å². The van der Waals surface area contributed by atoms with Crippen molar-refractivity contribution in [3.05, 3.63) is 0 Å². The molecule has 0 aromatic carbocycles. The van der Waals surface area contributed by atoms with Crippen LogP contribution in [-0.2, 0) is 4.84 Å². The van der Waals surface area contributed by atoms with E-state index in [4.69, 9.17) is 4.84 Å². The van der Waals surface area contributed by atoms with Crippen molar-refractivity contribution >= 4 is 5.71 Å². The first kappa shape index (κ1) is 9.68. The largest absolute Gasteiger partial charge is 0.395 e. The van der Waals surface area contributed by atoms with Crippen LogP contribution < -0.4 is 0 Å². The van der Waals surface area contributed by atoms with Gasteiger partial charge >= 0.3 is 0 Å². The zero-order chi connectivity index (χ0) is 10.5. The standard InChI is InChI=1S/C13H21NO/c1-9-3-5-11-10(7-9)4-6-12-13(11,2)8-15-14-12/h9-11H,3-8H2,1-2H3/t9?,10-,11?,13?/m0/s1. The van der Waals surface area contributed by atoms with Crippen molar-refractivity contribution in [1.82, 2.24) is 0 Å². The molecular weight excluding hydrogens is 186 g/mol. The molecule has 2 saturated carbocycles. The van der Waals surface area contributed by atoms with Crippen LogP contribution in [0.25, 0.3) is 0 Å². The van der Waals surface area contributed by atoms with Gasteiger partial charge in [0.25, 0.3) is 0 Å². The fraction of sp³-hybridized carbons (Fsp3) is 0.923. The van der Waals surface area contributed by atoms with E-state index >= 15 is 0 Å². The molecule has 0 aromatic rings. The summed E-state index contributed by atoms with van der Waals surface area (Å²) in [7, 11) is 0. The third-order valence-electron chi connectivity index (χ3n) is 5.01. The van der Waals surface area contributed by atoms with E-state index in [0.717, 1.165) is 24.4 Å². The molecule has 1 heterocycles. The minimum Gasteiger partial charge on any atom is -0.395 e. The highest BCUT2D eigenvalue weighted by atomic mass is 16.6. The maximum absolute atomic E-state index is 5.36. The maximum Gasteiger partial charge on any atom is 0.128 e. The normalized spacial score (nSPS) is 48.9. The lowest BCUT2D eigenvalue weighted by Gasteiger charge is -2.47. The smallest absolute Gasteiger partial charge is 0.128 e. The number of rotatable bonds is 0. The third-order valence-corrected chi connectivity index (χ3v) is 5.01. The van der Waals surface area contributed by atoms with E-state index in [9.17, 15) is 0 Å². The van der Waals surface area contributed by atoms with Crippen LogP contribution in [0.5, 0.6) is 0 Å². The van der Waals surface area contributed by atoms with Gasteiger partial charge in [-0.2, -0.15) is 0 Å². The lowest BCUT2D eigenvalue weighted by atomic mass is 9.56. The van der Waals surface area contributed by atoms with Gasteiger partial charge in [0.15, 0.2) is 0 Å². The SMILES string of the molecule is CC1CCC2[C@@H](CCC3=NOCC32C)C1. The van der Waals surface area contributed by atoms with Crippen LogP contribution in [0, 0.1) is 23.2 Å². The van der Waals surface area contributed by atoms with Gasteiger partial charge in [0.1, 0.15) is 6.61 Å². The highest BCUT2D eigenvalue weighted by Crippen LogP contribution is 2.52. The zero-order valence-electron chi connectivity index (χ0n) is 9.83. The molecule has 0 amide bonds. The fourth-order valence-electron chi connectivity index (χ4n) is 4.06. The van der Waals surface area contributed by atoms with E-state index in [0.29, 0.717) is 5.41 Å². The first-order valence-electron chi connectivity index (χ1n) is 6.39. The summed E-state index contributed by atoms with van der Waals surface area (Å²) in [5.74, 6) is 2.73. The number of oxime groups is 1. The van der Waals surface area contributed by atoms with Gasteiger partial charge < -0.3 is 4.84 Å². The van der Waals surface area contributed by atoms with Crippen LogP contribution in [0.4, 0.5) is 0 Å². The lowest BCUT2D eigenvalue weighted by Crippen LogP contribution is -2.46. The molecule has 0 N–H and O–H groups in total. The molecule has 2 aliphatic carbocycles. The molecule has 1 aliphatic heterocycles. The van der Waals surface area contributed by atoms with Crippen molar-refractivity contribution in [2.24, 2.45) is 28.3 Å². The molecule has 3 rings (SSSR count). The third kappa shape index (κ3) is 1.33. The molecule has 84 valence electrons. The average molecular weight is 207 g/mol. The van der Waals surface area contributed by atoms with E-state index in [1.807, 2.05) is 0 Å². The van der Waals surface area contributed by atoms with Gasteiger partial charge in [-0.3, -0.25) is 0 Å². The summed E-state index contributed by atoms with van der Waals surface area (Å²) >= 11 is 0. The predicted octanol–water partition coefficient (Wildman–Crippen LogP) is 3.23. The van der Waals surface area contributed by atoms with Gasteiger partial charge in [-0.25, -0.2) is 0 Å². The second-order valence-corrected chi connectivity index (χ2v) is 6.05. The number of nitrogens with zero attached hydrogens (tertiary/aromatic N) is 1. The molecule has 15 heavy (non-hydrogen) atoms. The van der Waals surface area contributed by atoms with Crippen molar-refractivity contribution < 1.29 is 4.84 Å². The van der Waals surface area contributed by atoms with E-state index in [1.165, 1.54) is 37.8 Å². The lowest BCUT2D eigenvalue weighted by molar-refractivity contribution is 0.0368. The number of fused-ring (bicyclic) bond motifs is 3. The Labute approximate surface area is 92.1 Å². The number of hydrogen-bond donors (Lipinski definition) is 0. The topological polar surface area (TPSA) is 21.6 Å². The first-order chi connectivity index (χ1) is 7.20. The molecule has 0 aromatic heterocycles. The number of hydrogen-bond acceptors (Lipinski definition) is 2. The minimum absolute atomic E-state index is 0.295. The van der Waals surface area contributed by atoms with Gasteiger partial charge in [0, 0.05) is 5.41 Å². The molecule has 0 saturated heterocycles. The minimum atomic E-state index is 0.295. The van der Waals surface area contributed by atoms with E-state index in [-0.39, 0.29) is 0 Å². The molecule has 0 spiro atoms. The molecule has 3 aliphatic rings. The summed E-state index contributed by atoms with van der Waals surface area (Å²) in [5.41, 5.74) is 1.65. The molecular formula is C13H21NO. The fourth-order valence-corrected chi connectivity index (χ4v) is 4.06. The van der Waals surface area contributed by atoms with Gasteiger partial charge in [-0.15, -0.1) is 0 Å². The van der Waals surface area contributed by atoms with Gasteiger partial charge in [0.2, 0.25) is 0 Å². The summed E-state index contributed by atoms with van der Waals surface area (Å²) in [4.78, 5) is 5.36. The highest BCUT2D eigenvalue weighted by Gasteiger charge is 2.50. The Hall–Kier alpha value is -0.530. The second-order valence-electron chi connectivity index (χ2n) is 6.05. The van der Waals surface area contributed by atoms with Crippen LogP contribution in [0.3, 0.4) is 0 Å². The Bertz CT molecular complexity index is 299. The maximum atomic E-state index is 5.36. The highest BCUT2D eigenvalue weighted by molar-refractivity contribution is 5.91. The Kier molecular flexibility index (Phi) is 2.08. The summed E-state index contributed by atoms with van der Waals surface area (Å²) in [6.45, 7) is 5.64. The van der Waals surface area contributed by atoms with E-state index in [2.05, 4.69) is 19.0 Å². The predicted molar refractivity (Wildman–Crippen MR) is 60.7 cm³/mol. The summed E-state index contributed by atoms with van der Waals surface area (Å²) in [6, 6.07) is 0. The average Bonchev–Trinajstić information content (AvgIpc) is 2.59. The van der Waals surface area contributed by atoms with Crippen molar-refractivity contribution in [3.63, 3.8) is 0 Å². The second kappa shape index (κ2) is 3.23. The quantitative estimate of drug-likeness (QED) is 0.597. The Morgan fingerprint density at radius 2 is 2.20 bits per heavy atom. The van der Waals surface area contributed by atoms with Crippen molar-refractivity contribution in [1.29, 1.82) is 0 Å². The summed E-state index contributed by atoms with van der Waals surface area (Å²) in [6.07, 6.45) is 6.78. The van der Waals surface area contributed by atoms with Crippen LogP contribution in [0.2, 0.25) is 0 Å². The Morgan fingerprint density at radius 1 is 1.33 bits per heavy atom. The van der Waals surface area contributed by atoms with Crippen molar-refractivity contribution in [2.75, 3.05) is 6.61 Å². The van der Waals surface area contributed by atoms with Crippen LogP contribution in [0.1, 0.15) is 46.0 Å². The summed E-state index contributed by atoms with van der Waals surface area (Å²) < 4.78 is 0. The Balaban J connectivity index is 1.87. The molecule has 2 heteroatoms. The molecule has 2 fully saturated rings. The molecule has 0 bridgehead atoms. The monoisotopic (exact) mass is 207 g/mol. The van der Waals surface area contributed by atoms with Crippen LogP contribution in [0.15, 0.2) is 5.16 Å². The molecule has 2 nitrogen and oxygen atoms in total. The summed E-state index contributed by atoms with van der Waals surface area (Å²) in [5, 5.41) is 4.26. The molecule has 0 radical (unpaired) electrons. The van der Waals surface area contributed by atoms with E-state index < -0.39 is 0 Å². The van der Waals surface area contributed by atoms with E-state index in [1.54, 1.807) is 0 Å². The van der Waals surface area contributed by atoms with Crippen LogP contribution >= 0.6 is 0 Å². The zero-order valence-corrected chi connectivity index (χ0v) is 9.83. The van der Waals surface area contributed by atoms with Gasteiger partial charge in [0.05, 0.1) is 5.71 Å². The van der Waals surface area contributed by atoms with Crippen LogP contribution in [-0.4, -0.2) is 12.3 Å². The Morgan fingerprint density at radius 3 is 3.07 bits per heavy atom. The van der Waals surface area contributed by atoms with Crippen molar-refractivity contribution in [3.8, 4) is 0 Å². The van der Waals surface area contributed by atoms with Gasteiger partial charge in [-0.05, 0) is 43.4 Å². The first-order valence-corrected chi connectivity index (χ1v) is 6.39. The van der Waals surface area contributed by atoms with Gasteiger partial charge in [-0.1, -0.05) is 25.4 Å². The molecule has 4 atom stereocenters.